The maximum absolute atomic E-state index is 13.4. The zero-order valence-electron chi connectivity index (χ0n) is 9.97. The molecule has 1 amide bonds. The molecule has 0 saturated carbocycles. The highest BCUT2D eigenvalue weighted by Gasteiger charge is 2.23. The second kappa shape index (κ2) is 5.66. The molecule has 2 aromatic rings. The highest BCUT2D eigenvalue weighted by Crippen LogP contribution is 2.27. The number of para-hydroxylation sites is 1. The molecule has 102 valence electrons. The van der Waals surface area contributed by atoms with Crippen molar-refractivity contribution < 1.29 is 14.1 Å². The van der Waals surface area contributed by atoms with Crippen LogP contribution < -0.4 is 5.32 Å². The number of nitrogens with one attached hydrogen (secondary N) is 1. The molecule has 0 unspecified atom stereocenters. The van der Waals surface area contributed by atoms with Gasteiger partial charge in [0.1, 0.15) is 11.4 Å². The van der Waals surface area contributed by atoms with Crippen LogP contribution in [0.25, 0.3) is 0 Å². The molecule has 0 bridgehead atoms. The van der Waals surface area contributed by atoms with Gasteiger partial charge in [0.15, 0.2) is 0 Å². The van der Waals surface area contributed by atoms with Crippen molar-refractivity contribution in [1.82, 2.24) is 0 Å². The zero-order valence-corrected chi connectivity index (χ0v) is 10.7. The van der Waals surface area contributed by atoms with Crippen LogP contribution in [0.3, 0.4) is 0 Å². The monoisotopic (exact) mass is 294 g/mol. The van der Waals surface area contributed by atoms with Gasteiger partial charge in [-0.15, -0.1) is 0 Å². The van der Waals surface area contributed by atoms with Gasteiger partial charge >= 0.3 is 0 Å². The van der Waals surface area contributed by atoms with E-state index in [4.69, 9.17) is 11.6 Å². The highest BCUT2D eigenvalue weighted by molar-refractivity contribution is 6.35. The molecule has 0 aliphatic rings. The molecule has 7 heteroatoms. The lowest BCUT2D eigenvalue weighted by atomic mass is 10.1. The molecule has 0 fully saturated rings. The summed E-state index contributed by atoms with van der Waals surface area (Å²) >= 11 is 5.82. The van der Waals surface area contributed by atoms with Crippen LogP contribution in [-0.2, 0) is 0 Å². The molecular weight excluding hydrogens is 287 g/mol. The predicted octanol–water partition coefficient (Wildman–Crippen LogP) is 3.64. The van der Waals surface area contributed by atoms with Gasteiger partial charge in [0.2, 0.25) is 0 Å². The van der Waals surface area contributed by atoms with Crippen LogP contribution in [-0.4, -0.2) is 10.8 Å². The number of rotatable bonds is 3. The van der Waals surface area contributed by atoms with Crippen molar-refractivity contribution in [3.63, 3.8) is 0 Å². The molecule has 0 radical (unpaired) electrons. The lowest BCUT2D eigenvalue weighted by molar-refractivity contribution is -0.385. The molecule has 0 aliphatic heterocycles. The Morgan fingerprint density at radius 1 is 1.20 bits per heavy atom. The molecule has 2 rings (SSSR count). The number of carbonyl (C=O) groups is 1. The molecular formula is C13H8ClFN2O3. The van der Waals surface area contributed by atoms with Crippen LogP contribution in [0.2, 0.25) is 5.02 Å². The number of nitro groups is 1. The molecule has 0 aliphatic carbocycles. The Morgan fingerprint density at radius 3 is 2.55 bits per heavy atom. The standard InChI is InChI=1S/C13H8ClFN2O3/c14-8-4-3-7-11(17(19)20)12(8)13(18)16-10-6-2-1-5-9(10)15/h1-7H,(H,16,18). The van der Waals surface area contributed by atoms with Crippen LogP contribution >= 0.6 is 11.6 Å². The first-order valence-electron chi connectivity index (χ1n) is 5.49. The molecule has 1 N–H and O–H groups in total. The van der Waals surface area contributed by atoms with E-state index in [0.717, 1.165) is 12.1 Å². The van der Waals surface area contributed by atoms with E-state index in [-0.39, 0.29) is 16.3 Å². The topological polar surface area (TPSA) is 72.2 Å². The Kier molecular flexibility index (Phi) is 3.95. The van der Waals surface area contributed by atoms with Gasteiger partial charge in [-0.05, 0) is 18.2 Å². The first-order chi connectivity index (χ1) is 9.50. The van der Waals surface area contributed by atoms with Gasteiger partial charge in [0.05, 0.1) is 15.6 Å². The van der Waals surface area contributed by atoms with Gasteiger partial charge in [-0.3, -0.25) is 14.9 Å². The van der Waals surface area contributed by atoms with E-state index in [9.17, 15) is 19.3 Å². The average Bonchev–Trinajstić information content (AvgIpc) is 2.40. The van der Waals surface area contributed by atoms with Gasteiger partial charge < -0.3 is 5.32 Å². The van der Waals surface area contributed by atoms with E-state index < -0.39 is 22.3 Å². The van der Waals surface area contributed by atoms with Crippen molar-refractivity contribution in [2.45, 2.75) is 0 Å². The van der Waals surface area contributed by atoms with E-state index >= 15 is 0 Å². The summed E-state index contributed by atoms with van der Waals surface area (Å²) in [4.78, 5) is 22.2. The molecule has 0 spiro atoms. The minimum Gasteiger partial charge on any atom is -0.319 e. The van der Waals surface area contributed by atoms with Crippen LogP contribution in [0.5, 0.6) is 0 Å². The number of nitrogens with zero attached hydrogens (tertiary/aromatic N) is 1. The van der Waals surface area contributed by atoms with E-state index in [2.05, 4.69) is 5.32 Å². The fourth-order valence-corrected chi connectivity index (χ4v) is 1.89. The summed E-state index contributed by atoms with van der Waals surface area (Å²) in [6, 6.07) is 9.36. The van der Waals surface area contributed by atoms with E-state index in [0.29, 0.717) is 0 Å². The maximum Gasteiger partial charge on any atom is 0.283 e. The number of hydrogen-bond donors (Lipinski definition) is 1. The largest absolute Gasteiger partial charge is 0.319 e. The first-order valence-corrected chi connectivity index (χ1v) is 5.87. The Bertz CT molecular complexity index is 691. The fraction of sp³-hybridized carbons (Fsp3) is 0. The normalized spacial score (nSPS) is 10.1. The van der Waals surface area contributed by atoms with Crippen molar-refractivity contribution in [3.8, 4) is 0 Å². The lowest BCUT2D eigenvalue weighted by Gasteiger charge is -2.07. The Labute approximate surface area is 118 Å². The third-order valence-electron chi connectivity index (χ3n) is 2.54. The van der Waals surface area contributed by atoms with Crippen LogP contribution in [0.1, 0.15) is 10.4 Å². The Hall–Kier alpha value is -2.47. The van der Waals surface area contributed by atoms with Gasteiger partial charge in [0.25, 0.3) is 11.6 Å². The number of anilines is 1. The molecule has 0 saturated heterocycles. The summed E-state index contributed by atoms with van der Waals surface area (Å²) in [5.41, 5.74) is -0.819. The van der Waals surface area contributed by atoms with E-state index in [1.54, 1.807) is 0 Å². The van der Waals surface area contributed by atoms with Crippen molar-refractivity contribution in [2.75, 3.05) is 5.32 Å². The van der Waals surface area contributed by atoms with Crippen LogP contribution in [0, 0.1) is 15.9 Å². The third kappa shape index (κ3) is 2.75. The third-order valence-corrected chi connectivity index (χ3v) is 2.85. The second-order valence-corrected chi connectivity index (χ2v) is 4.23. The predicted molar refractivity (Wildman–Crippen MR) is 72.5 cm³/mol. The number of amides is 1. The summed E-state index contributed by atoms with van der Waals surface area (Å²) in [5.74, 6) is -1.48. The van der Waals surface area contributed by atoms with E-state index in [1.807, 2.05) is 0 Å². The van der Waals surface area contributed by atoms with Gasteiger partial charge in [-0.2, -0.15) is 0 Å². The minimum absolute atomic E-state index is 0.0759. The van der Waals surface area contributed by atoms with Gasteiger partial charge in [0, 0.05) is 6.07 Å². The number of hydrogen-bond acceptors (Lipinski definition) is 3. The Balaban J connectivity index is 2.40. The summed E-state index contributed by atoms with van der Waals surface area (Å²) in [5, 5.41) is 13.1. The quantitative estimate of drug-likeness (QED) is 0.694. The fourth-order valence-electron chi connectivity index (χ4n) is 1.64. The molecule has 20 heavy (non-hydrogen) atoms. The molecule has 0 atom stereocenters. The summed E-state index contributed by atoms with van der Waals surface area (Å²) < 4.78 is 13.4. The lowest BCUT2D eigenvalue weighted by Crippen LogP contribution is -2.15. The smallest absolute Gasteiger partial charge is 0.283 e. The number of benzene rings is 2. The van der Waals surface area contributed by atoms with Gasteiger partial charge in [-0.25, -0.2) is 4.39 Å². The summed E-state index contributed by atoms with van der Waals surface area (Å²) in [6.45, 7) is 0. The van der Waals surface area contributed by atoms with Crippen molar-refractivity contribution in [3.05, 3.63) is 69.0 Å². The molecule has 2 aromatic carbocycles. The van der Waals surface area contributed by atoms with Crippen LogP contribution in [0.4, 0.5) is 15.8 Å². The SMILES string of the molecule is O=C(Nc1ccccc1F)c1c(Cl)cccc1[N+](=O)[O-]. The summed E-state index contributed by atoms with van der Waals surface area (Å²) in [6.07, 6.45) is 0. The average molecular weight is 295 g/mol. The van der Waals surface area contributed by atoms with Crippen molar-refractivity contribution >= 4 is 28.9 Å². The number of carbonyl (C=O) groups excluding carboxylic acids is 1. The van der Waals surface area contributed by atoms with Crippen molar-refractivity contribution in [2.24, 2.45) is 0 Å². The Morgan fingerprint density at radius 2 is 1.90 bits per heavy atom. The second-order valence-electron chi connectivity index (χ2n) is 3.83. The summed E-state index contributed by atoms with van der Waals surface area (Å²) in [7, 11) is 0. The molecule has 5 nitrogen and oxygen atoms in total. The minimum atomic E-state index is -0.840. The molecule has 0 aromatic heterocycles. The zero-order chi connectivity index (χ0) is 14.7. The molecule has 0 heterocycles. The van der Waals surface area contributed by atoms with E-state index in [1.165, 1.54) is 30.3 Å². The van der Waals surface area contributed by atoms with Gasteiger partial charge in [-0.1, -0.05) is 29.8 Å². The highest BCUT2D eigenvalue weighted by atomic mass is 35.5. The van der Waals surface area contributed by atoms with Crippen LogP contribution in [0.15, 0.2) is 42.5 Å². The first kappa shape index (κ1) is 14.0. The maximum atomic E-state index is 13.4. The van der Waals surface area contributed by atoms with Crippen molar-refractivity contribution in [1.29, 1.82) is 0 Å². The number of halogens is 2. The number of nitro benzene ring substituents is 1.